The second-order valence-electron chi connectivity index (χ2n) is 6.93. The van der Waals surface area contributed by atoms with Crippen molar-refractivity contribution in [3.8, 4) is 0 Å². The van der Waals surface area contributed by atoms with Gasteiger partial charge in [0, 0.05) is 19.8 Å². The van der Waals surface area contributed by atoms with Crippen molar-refractivity contribution in [1.82, 2.24) is 10.0 Å². The maximum absolute atomic E-state index is 12.6. The summed E-state index contributed by atoms with van der Waals surface area (Å²) in [7, 11) is -3.74. The van der Waals surface area contributed by atoms with Gasteiger partial charge in [-0.3, -0.25) is 4.79 Å². The number of ether oxygens (including phenoxy) is 1. The molecule has 152 valence electrons. The van der Waals surface area contributed by atoms with Crippen molar-refractivity contribution in [1.29, 1.82) is 0 Å². The average molecular weight is 415 g/mol. The second kappa shape index (κ2) is 11.0. The smallest absolute Gasteiger partial charge is 0.241 e. The van der Waals surface area contributed by atoms with Crippen LogP contribution in [0.15, 0.2) is 29.2 Å². The SMILES string of the molecule is CSCCC(NS(=O)(=O)c1ccc(C)cc1)C(=O)NCCCOCC1CC1. The number of rotatable bonds is 13. The Labute approximate surface area is 166 Å². The first-order valence-electron chi connectivity index (χ1n) is 9.36. The molecule has 1 unspecified atom stereocenters. The van der Waals surface area contributed by atoms with Crippen molar-refractivity contribution in [3.05, 3.63) is 29.8 Å². The fraction of sp³-hybridized carbons (Fsp3) is 0.632. The standard InChI is InChI=1S/C19H30N2O4S2/c1-15-4-8-17(9-5-15)27(23,24)21-18(10-13-26-2)19(22)20-11-3-12-25-14-16-6-7-16/h4-5,8-9,16,18,21H,3,6-7,10-14H2,1-2H3,(H,20,22). The van der Waals surface area contributed by atoms with Crippen LogP contribution in [0, 0.1) is 12.8 Å². The fourth-order valence-electron chi connectivity index (χ4n) is 2.50. The number of benzene rings is 1. The first kappa shape index (κ1) is 22.2. The van der Waals surface area contributed by atoms with Crippen LogP contribution in [0.25, 0.3) is 0 Å². The molecule has 2 rings (SSSR count). The molecule has 6 nitrogen and oxygen atoms in total. The van der Waals surface area contributed by atoms with E-state index < -0.39 is 16.1 Å². The van der Waals surface area contributed by atoms with Gasteiger partial charge >= 0.3 is 0 Å². The maximum atomic E-state index is 12.6. The average Bonchev–Trinajstić information content (AvgIpc) is 3.46. The minimum absolute atomic E-state index is 0.170. The first-order valence-corrected chi connectivity index (χ1v) is 12.2. The molecule has 1 saturated carbocycles. The molecule has 0 radical (unpaired) electrons. The van der Waals surface area contributed by atoms with Crippen LogP contribution in [0.1, 0.15) is 31.2 Å². The minimum Gasteiger partial charge on any atom is -0.381 e. The molecule has 0 bridgehead atoms. The van der Waals surface area contributed by atoms with E-state index in [1.165, 1.54) is 12.8 Å². The summed E-state index contributed by atoms with van der Waals surface area (Å²) < 4.78 is 33.3. The van der Waals surface area contributed by atoms with Gasteiger partial charge in [-0.25, -0.2) is 8.42 Å². The van der Waals surface area contributed by atoms with E-state index in [4.69, 9.17) is 4.74 Å². The number of carbonyl (C=O) groups excluding carboxylic acids is 1. The van der Waals surface area contributed by atoms with Gasteiger partial charge in [0.05, 0.1) is 4.90 Å². The lowest BCUT2D eigenvalue weighted by Crippen LogP contribution is -2.47. The molecule has 1 fully saturated rings. The minimum atomic E-state index is -3.74. The van der Waals surface area contributed by atoms with Crippen molar-refractivity contribution < 1.29 is 17.9 Å². The van der Waals surface area contributed by atoms with Gasteiger partial charge in [-0.1, -0.05) is 17.7 Å². The highest BCUT2D eigenvalue weighted by atomic mass is 32.2. The quantitative estimate of drug-likeness (QED) is 0.484. The van der Waals surface area contributed by atoms with Gasteiger partial charge in [-0.15, -0.1) is 0 Å². The highest BCUT2D eigenvalue weighted by Crippen LogP contribution is 2.28. The van der Waals surface area contributed by atoms with Gasteiger partial charge < -0.3 is 10.1 Å². The lowest BCUT2D eigenvalue weighted by molar-refractivity contribution is -0.122. The molecule has 1 aromatic rings. The predicted molar refractivity (Wildman–Crippen MR) is 109 cm³/mol. The van der Waals surface area contributed by atoms with Gasteiger partial charge in [0.15, 0.2) is 0 Å². The zero-order valence-corrected chi connectivity index (χ0v) is 17.7. The van der Waals surface area contributed by atoms with Crippen LogP contribution in [0.2, 0.25) is 0 Å². The predicted octanol–water partition coefficient (Wildman–Crippen LogP) is 2.33. The Hall–Kier alpha value is -1.09. The lowest BCUT2D eigenvalue weighted by atomic mass is 10.2. The fourth-order valence-corrected chi connectivity index (χ4v) is 4.20. The van der Waals surface area contributed by atoms with E-state index in [0.29, 0.717) is 25.3 Å². The second-order valence-corrected chi connectivity index (χ2v) is 9.63. The molecule has 27 heavy (non-hydrogen) atoms. The highest BCUT2D eigenvalue weighted by molar-refractivity contribution is 7.98. The van der Waals surface area contributed by atoms with Gasteiger partial charge in [-0.05, 0) is 62.7 Å². The van der Waals surface area contributed by atoms with Crippen LogP contribution in [-0.2, 0) is 19.6 Å². The molecule has 8 heteroatoms. The number of hydrogen-bond acceptors (Lipinski definition) is 5. The van der Waals surface area contributed by atoms with Crippen LogP contribution >= 0.6 is 11.8 Å². The van der Waals surface area contributed by atoms with E-state index in [-0.39, 0.29) is 10.8 Å². The van der Waals surface area contributed by atoms with E-state index in [1.807, 2.05) is 13.2 Å². The highest BCUT2D eigenvalue weighted by Gasteiger charge is 2.25. The number of thioether (sulfide) groups is 1. The lowest BCUT2D eigenvalue weighted by Gasteiger charge is -2.18. The largest absolute Gasteiger partial charge is 0.381 e. The molecule has 1 amide bonds. The van der Waals surface area contributed by atoms with Crippen LogP contribution < -0.4 is 10.0 Å². The van der Waals surface area contributed by atoms with Gasteiger partial charge in [0.1, 0.15) is 6.04 Å². The van der Waals surface area contributed by atoms with Crippen molar-refractivity contribution in [2.45, 2.75) is 43.5 Å². The topological polar surface area (TPSA) is 84.5 Å². The monoisotopic (exact) mass is 414 g/mol. The van der Waals surface area contributed by atoms with E-state index in [1.54, 1.807) is 36.0 Å². The van der Waals surface area contributed by atoms with E-state index in [9.17, 15) is 13.2 Å². The van der Waals surface area contributed by atoms with E-state index >= 15 is 0 Å². The summed E-state index contributed by atoms with van der Waals surface area (Å²) in [5, 5.41) is 2.82. The third kappa shape index (κ3) is 8.21. The summed E-state index contributed by atoms with van der Waals surface area (Å²) in [4.78, 5) is 12.6. The molecular formula is C19H30N2O4S2. The Balaban J connectivity index is 1.84. The number of sulfonamides is 1. The van der Waals surface area contributed by atoms with Gasteiger partial charge in [-0.2, -0.15) is 16.5 Å². The van der Waals surface area contributed by atoms with E-state index in [0.717, 1.165) is 24.5 Å². The van der Waals surface area contributed by atoms with Crippen LogP contribution in [0.4, 0.5) is 0 Å². The molecule has 0 heterocycles. The van der Waals surface area contributed by atoms with E-state index in [2.05, 4.69) is 10.0 Å². The van der Waals surface area contributed by atoms with Crippen molar-refractivity contribution in [2.75, 3.05) is 31.8 Å². The Morgan fingerprint density at radius 2 is 2.00 bits per heavy atom. The number of hydrogen-bond donors (Lipinski definition) is 2. The van der Waals surface area contributed by atoms with Gasteiger partial charge in [0.25, 0.3) is 0 Å². The molecule has 2 N–H and O–H groups in total. The molecule has 1 aliphatic carbocycles. The third-order valence-electron chi connectivity index (χ3n) is 4.37. The molecule has 0 saturated heterocycles. The zero-order chi connectivity index (χ0) is 19.7. The van der Waals surface area contributed by atoms with Gasteiger partial charge in [0.2, 0.25) is 15.9 Å². The summed E-state index contributed by atoms with van der Waals surface area (Å²) in [6.45, 7) is 3.79. The zero-order valence-electron chi connectivity index (χ0n) is 16.1. The summed E-state index contributed by atoms with van der Waals surface area (Å²) in [5.74, 6) is 1.13. The number of aryl methyl sites for hydroxylation is 1. The van der Waals surface area contributed by atoms with Crippen molar-refractivity contribution in [2.24, 2.45) is 5.92 Å². The first-order chi connectivity index (χ1) is 12.9. The summed E-state index contributed by atoms with van der Waals surface area (Å²) in [6.07, 6.45) is 5.61. The van der Waals surface area contributed by atoms with Crippen LogP contribution in [-0.4, -0.2) is 52.1 Å². The molecule has 1 aliphatic rings. The molecule has 0 aliphatic heterocycles. The van der Waals surface area contributed by atoms with Crippen molar-refractivity contribution in [3.63, 3.8) is 0 Å². The number of nitrogens with one attached hydrogen (secondary N) is 2. The Morgan fingerprint density at radius 1 is 1.30 bits per heavy atom. The van der Waals surface area contributed by atoms with Crippen molar-refractivity contribution >= 4 is 27.7 Å². The molecule has 0 aromatic heterocycles. The molecule has 0 spiro atoms. The summed E-state index contributed by atoms with van der Waals surface area (Å²) in [5.41, 5.74) is 0.981. The number of carbonyl (C=O) groups is 1. The van der Waals surface area contributed by atoms with Crippen LogP contribution in [0.3, 0.4) is 0 Å². The Kier molecular flexibility index (Phi) is 9.08. The third-order valence-corrected chi connectivity index (χ3v) is 6.50. The Bertz CT molecular complexity index is 688. The molecule has 1 aromatic carbocycles. The maximum Gasteiger partial charge on any atom is 0.241 e. The Morgan fingerprint density at radius 3 is 2.63 bits per heavy atom. The van der Waals surface area contributed by atoms with Crippen LogP contribution in [0.5, 0.6) is 0 Å². The molecular weight excluding hydrogens is 384 g/mol. The number of amides is 1. The normalized spacial score (nSPS) is 15.5. The summed E-state index contributed by atoms with van der Waals surface area (Å²) >= 11 is 1.58. The molecule has 1 atom stereocenters. The summed E-state index contributed by atoms with van der Waals surface area (Å²) in [6, 6.07) is 5.81.